The van der Waals surface area contributed by atoms with E-state index in [0.717, 1.165) is 22.5 Å². The minimum atomic E-state index is -0.0146. The van der Waals surface area contributed by atoms with Crippen molar-refractivity contribution in [1.29, 1.82) is 0 Å². The first-order valence-corrected chi connectivity index (χ1v) is 8.37. The van der Waals surface area contributed by atoms with Crippen LogP contribution >= 0.6 is 15.9 Å². The highest BCUT2D eigenvalue weighted by Crippen LogP contribution is 2.27. The molecule has 1 aromatic carbocycles. The number of hydrogen-bond donors (Lipinski definition) is 1. The number of hydrogen-bond acceptors (Lipinski definition) is 3. The molecule has 2 fully saturated rings. The fourth-order valence-corrected chi connectivity index (χ4v) is 2.84. The lowest BCUT2D eigenvalue weighted by Crippen LogP contribution is -2.46. The fraction of sp³-hybridized carbons (Fsp3) is 0.562. The van der Waals surface area contributed by atoms with Crippen molar-refractivity contribution in [2.24, 2.45) is 5.92 Å². The third kappa shape index (κ3) is 4.28. The molecule has 0 radical (unpaired) electrons. The van der Waals surface area contributed by atoms with Crippen LogP contribution in [0.15, 0.2) is 28.7 Å². The third-order valence-electron chi connectivity index (χ3n) is 4.07. The molecule has 0 aromatic heterocycles. The van der Waals surface area contributed by atoms with Gasteiger partial charge in [0.15, 0.2) is 0 Å². The van der Waals surface area contributed by atoms with Crippen molar-refractivity contribution in [3.63, 3.8) is 0 Å². The van der Waals surface area contributed by atoms with Gasteiger partial charge in [-0.15, -0.1) is 0 Å². The fourth-order valence-electron chi connectivity index (χ4n) is 2.57. The van der Waals surface area contributed by atoms with E-state index in [1.807, 2.05) is 29.2 Å². The molecular weight excluding hydrogens is 332 g/mol. The van der Waals surface area contributed by atoms with Gasteiger partial charge in [-0.3, -0.25) is 4.79 Å². The van der Waals surface area contributed by atoms with Crippen molar-refractivity contribution in [3.8, 4) is 0 Å². The molecule has 1 aliphatic heterocycles. The molecule has 1 saturated carbocycles. The summed E-state index contributed by atoms with van der Waals surface area (Å²) >= 11 is 3.44. The first-order chi connectivity index (χ1) is 10.2. The second-order valence-corrected chi connectivity index (χ2v) is 6.74. The van der Waals surface area contributed by atoms with Gasteiger partial charge in [0, 0.05) is 11.0 Å². The molecule has 3 rings (SSSR count). The highest BCUT2D eigenvalue weighted by molar-refractivity contribution is 9.10. The Labute approximate surface area is 134 Å². The maximum Gasteiger partial charge on any atom is 0.236 e. The van der Waals surface area contributed by atoms with Crippen molar-refractivity contribution in [1.82, 2.24) is 10.2 Å². The second-order valence-electron chi connectivity index (χ2n) is 5.83. The lowest BCUT2D eigenvalue weighted by Gasteiger charge is -2.33. The first kappa shape index (κ1) is 15.0. The van der Waals surface area contributed by atoms with E-state index < -0.39 is 0 Å². The number of nitrogens with one attached hydrogen (secondary N) is 1. The minimum Gasteiger partial charge on any atom is -0.370 e. The quantitative estimate of drug-likeness (QED) is 0.884. The summed E-state index contributed by atoms with van der Waals surface area (Å²) in [4.78, 5) is 14.1. The molecular formula is C16H21BrN2O2. The van der Waals surface area contributed by atoms with Gasteiger partial charge in [0.25, 0.3) is 0 Å². The highest BCUT2D eigenvalue weighted by atomic mass is 79.9. The SMILES string of the molecule is O=C(CNCC1CC1)N1CCOC(c2ccc(Br)cc2)C1. The van der Waals surface area contributed by atoms with Crippen LogP contribution in [0.1, 0.15) is 24.5 Å². The van der Waals surface area contributed by atoms with Gasteiger partial charge in [-0.05, 0) is 43.0 Å². The van der Waals surface area contributed by atoms with Gasteiger partial charge in [-0.1, -0.05) is 28.1 Å². The van der Waals surface area contributed by atoms with Gasteiger partial charge in [0.05, 0.1) is 19.7 Å². The average Bonchev–Trinajstić information content (AvgIpc) is 3.32. The summed E-state index contributed by atoms with van der Waals surface area (Å²) in [6.45, 7) is 3.37. The predicted octanol–water partition coefficient (Wildman–Crippen LogP) is 2.35. The number of carbonyl (C=O) groups excluding carboxylic acids is 1. The van der Waals surface area contributed by atoms with E-state index in [1.165, 1.54) is 12.8 Å². The minimum absolute atomic E-state index is 0.0146. The van der Waals surface area contributed by atoms with Crippen LogP contribution < -0.4 is 5.32 Å². The van der Waals surface area contributed by atoms with Crippen LogP contribution in [0.5, 0.6) is 0 Å². The third-order valence-corrected chi connectivity index (χ3v) is 4.60. The molecule has 1 N–H and O–H groups in total. The standard InChI is InChI=1S/C16H21BrN2O2/c17-14-5-3-13(4-6-14)15-11-19(7-8-21-15)16(20)10-18-9-12-1-2-12/h3-6,12,15,18H,1-2,7-11H2. The van der Waals surface area contributed by atoms with Gasteiger partial charge < -0.3 is 15.0 Å². The lowest BCUT2D eigenvalue weighted by atomic mass is 10.1. The highest BCUT2D eigenvalue weighted by Gasteiger charge is 2.26. The number of rotatable bonds is 5. The zero-order chi connectivity index (χ0) is 14.7. The largest absolute Gasteiger partial charge is 0.370 e. The zero-order valence-electron chi connectivity index (χ0n) is 12.1. The molecule has 0 spiro atoms. The number of halogens is 1. The Balaban J connectivity index is 1.51. The Morgan fingerprint density at radius 3 is 2.81 bits per heavy atom. The summed E-state index contributed by atoms with van der Waals surface area (Å²) in [5.41, 5.74) is 1.13. The summed E-state index contributed by atoms with van der Waals surface area (Å²) in [5, 5.41) is 3.27. The van der Waals surface area contributed by atoms with Crippen LogP contribution in [0.25, 0.3) is 0 Å². The lowest BCUT2D eigenvalue weighted by molar-refractivity contribution is -0.138. The maximum atomic E-state index is 12.2. The molecule has 2 aliphatic rings. The molecule has 4 nitrogen and oxygen atoms in total. The Hall–Kier alpha value is -0.910. The van der Waals surface area contributed by atoms with E-state index in [-0.39, 0.29) is 12.0 Å². The Kier molecular flexibility index (Phi) is 4.93. The summed E-state index contributed by atoms with van der Waals surface area (Å²) in [7, 11) is 0. The zero-order valence-corrected chi connectivity index (χ0v) is 13.6. The van der Waals surface area contributed by atoms with E-state index >= 15 is 0 Å². The molecule has 1 atom stereocenters. The number of morpholine rings is 1. The number of amides is 1. The Bertz CT molecular complexity index is 488. The van der Waals surface area contributed by atoms with Crippen LogP contribution in [-0.2, 0) is 9.53 Å². The van der Waals surface area contributed by atoms with Crippen LogP contribution in [0.4, 0.5) is 0 Å². The van der Waals surface area contributed by atoms with E-state index in [9.17, 15) is 4.79 Å². The normalized spacial score (nSPS) is 22.3. The molecule has 114 valence electrons. The topological polar surface area (TPSA) is 41.6 Å². The smallest absolute Gasteiger partial charge is 0.236 e. The van der Waals surface area contributed by atoms with Crippen LogP contribution in [0.2, 0.25) is 0 Å². The number of nitrogens with zero attached hydrogens (tertiary/aromatic N) is 1. The van der Waals surface area contributed by atoms with Gasteiger partial charge in [0.1, 0.15) is 6.10 Å². The number of ether oxygens (including phenoxy) is 1. The molecule has 5 heteroatoms. The van der Waals surface area contributed by atoms with Crippen LogP contribution in [0.3, 0.4) is 0 Å². The molecule has 1 amide bonds. The number of carbonyl (C=O) groups is 1. The summed E-state index contributed by atoms with van der Waals surface area (Å²) in [6.07, 6.45) is 2.61. The molecule has 21 heavy (non-hydrogen) atoms. The van der Waals surface area contributed by atoms with Gasteiger partial charge in [-0.2, -0.15) is 0 Å². The van der Waals surface area contributed by atoms with Crippen molar-refractivity contribution >= 4 is 21.8 Å². The molecule has 1 aliphatic carbocycles. The summed E-state index contributed by atoms with van der Waals surface area (Å²) in [6, 6.07) is 8.12. The molecule has 1 aromatic rings. The summed E-state index contributed by atoms with van der Waals surface area (Å²) < 4.78 is 6.86. The Morgan fingerprint density at radius 2 is 2.10 bits per heavy atom. The van der Waals surface area contributed by atoms with E-state index in [4.69, 9.17) is 4.74 Å². The summed E-state index contributed by atoms with van der Waals surface area (Å²) in [5.74, 6) is 0.985. The molecule has 1 heterocycles. The molecule has 1 unspecified atom stereocenters. The van der Waals surface area contributed by atoms with E-state index in [1.54, 1.807) is 0 Å². The van der Waals surface area contributed by atoms with Gasteiger partial charge in [-0.25, -0.2) is 0 Å². The van der Waals surface area contributed by atoms with Crippen LogP contribution in [0, 0.1) is 5.92 Å². The van der Waals surface area contributed by atoms with E-state index in [0.29, 0.717) is 26.2 Å². The van der Waals surface area contributed by atoms with Crippen molar-refractivity contribution < 1.29 is 9.53 Å². The van der Waals surface area contributed by atoms with Gasteiger partial charge in [0.2, 0.25) is 5.91 Å². The van der Waals surface area contributed by atoms with Crippen LogP contribution in [-0.4, -0.2) is 43.6 Å². The predicted molar refractivity (Wildman–Crippen MR) is 85.0 cm³/mol. The molecule has 0 bridgehead atoms. The monoisotopic (exact) mass is 352 g/mol. The van der Waals surface area contributed by atoms with Gasteiger partial charge >= 0.3 is 0 Å². The van der Waals surface area contributed by atoms with Crippen molar-refractivity contribution in [2.45, 2.75) is 18.9 Å². The van der Waals surface area contributed by atoms with Crippen molar-refractivity contribution in [2.75, 3.05) is 32.8 Å². The number of benzene rings is 1. The first-order valence-electron chi connectivity index (χ1n) is 7.58. The van der Waals surface area contributed by atoms with E-state index in [2.05, 4.69) is 21.2 Å². The molecule has 1 saturated heterocycles. The maximum absolute atomic E-state index is 12.2. The Morgan fingerprint density at radius 1 is 1.33 bits per heavy atom. The average molecular weight is 353 g/mol. The van der Waals surface area contributed by atoms with Crippen molar-refractivity contribution in [3.05, 3.63) is 34.3 Å². The second kappa shape index (κ2) is 6.90.